The molecule has 0 aliphatic heterocycles. The predicted octanol–water partition coefficient (Wildman–Crippen LogP) is 3.21. The van der Waals surface area contributed by atoms with Gasteiger partial charge in [-0.15, -0.1) is 0 Å². The Labute approximate surface area is 79.9 Å². The summed E-state index contributed by atoms with van der Waals surface area (Å²) in [6.07, 6.45) is 0. The lowest BCUT2D eigenvalue weighted by Gasteiger charge is -2.03. The fourth-order valence-corrected chi connectivity index (χ4v) is 1.60. The second-order valence-electron chi connectivity index (χ2n) is 2.83. The number of hydrogen-bond donors (Lipinski definition) is 1. The number of rotatable bonds is 0. The van der Waals surface area contributed by atoms with Gasteiger partial charge >= 0.3 is 0 Å². The van der Waals surface area contributed by atoms with Crippen LogP contribution < -0.4 is 5.73 Å². The fourth-order valence-electron chi connectivity index (χ4n) is 1.33. The first-order valence-electron chi connectivity index (χ1n) is 3.82. The lowest BCUT2D eigenvalue weighted by Crippen LogP contribution is -1.87. The van der Waals surface area contributed by atoms with E-state index in [1.807, 2.05) is 6.07 Å². The van der Waals surface area contributed by atoms with Crippen molar-refractivity contribution in [1.29, 1.82) is 0 Å². The number of halogens is 2. The lowest BCUT2D eigenvalue weighted by molar-refractivity contribution is 0.630. The van der Waals surface area contributed by atoms with Gasteiger partial charge < -0.3 is 5.73 Å². The van der Waals surface area contributed by atoms with Crippen molar-refractivity contribution in [3.05, 3.63) is 41.2 Å². The first-order valence-corrected chi connectivity index (χ1v) is 4.19. The molecule has 0 unspecified atom stereocenters. The summed E-state index contributed by atoms with van der Waals surface area (Å²) in [4.78, 5) is 0. The third kappa shape index (κ3) is 1.33. The van der Waals surface area contributed by atoms with Gasteiger partial charge in [0.1, 0.15) is 5.82 Å². The first kappa shape index (κ1) is 8.32. The van der Waals surface area contributed by atoms with E-state index in [1.165, 1.54) is 12.1 Å². The molecule has 0 aliphatic rings. The summed E-state index contributed by atoms with van der Waals surface area (Å²) in [6, 6.07) is 7.99. The lowest BCUT2D eigenvalue weighted by atomic mass is 10.1. The molecule has 66 valence electrons. The van der Waals surface area contributed by atoms with Gasteiger partial charge in [0.15, 0.2) is 0 Å². The molecular formula is C10H7ClFN. The molecular weight excluding hydrogens is 189 g/mol. The van der Waals surface area contributed by atoms with Gasteiger partial charge in [0.05, 0.1) is 5.02 Å². The molecule has 0 spiro atoms. The Morgan fingerprint density at radius 2 is 1.92 bits per heavy atom. The Morgan fingerprint density at radius 3 is 2.69 bits per heavy atom. The van der Waals surface area contributed by atoms with Gasteiger partial charge in [0, 0.05) is 16.5 Å². The summed E-state index contributed by atoms with van der Waals surface area (Å²) in [5, 5.41) is 1.83. The molecule has 2 aromatic rings. The van der Waals surface area contributed by atoms with E-state index in [2.05, 4.69) is 0 Å². The normalized spacial score (nSPS) is 10.6. The highest BCUT2D eigenvalue weighted by atomic mass is 35.5. The zero-order valence-electron chi connectivity index (χ0n) is 6.72. The van der Waals surface area contributed by atoms with Crippen LogP contribution in [-0.4, -0.2) is 0 Å². The van der Waals surface area contributed by atoms with Gasteiger partial charge in [0.2, 0.25) is 0 Å². The predicted molar refractivity (Wildman–Crippen MR) is 53.3 cm³/mol. The van der Waals surface area contributed by atoms with E-state index in [1.54, 1.807) is 12.1 Å². The van der Waals surface area contributed by atoms with Crippen LogP contribution in [0.5, 0.6) is 0 Å². The fraction of sp³-hybridized carbons (Fsp3) is 0. The van der Waals surface area contributed by atoms with E-state index in [4.69, 9.17) is 17.3 Å². The maximum atomic E-state index is 12.9. The van der Waals surface area contributed by atoms with Crippen LogP contribution in [0.4, 0.5) is 10.1 Å². The van der Waals surface area contributed by atoms with Gasteiger partial charge in [-0.2, -0.15) is 0 Å². The molecule has 0 saturated carbocycles. The number of fused-ring (bicyclic) bond motifs is 1. The molecule has 0 aliphatic carbocycles. The van der Waals surface area contributed by atoms with E-state index >= 15 is 0 Å². The summed E-state index contributed by atoms with van der Waals surface area (Å²) in [5.74, 6) is -0.365. The van der Waals surface area contributed by atoms with Crippen LogP contribution in [0.3, 0.4) is 0 Å². The van der Waals surface area contributed by atoms with Crippen molar-refractivity contribution in [3.63, 3.8) is 0 Å². The minimum absolute atomic E-state index is 0.365. The minimum Gasteiger partial charge on any atom is -0.398 e. The highest BCUT2D eigenvalue weighted by Crippen LogP contribution is 2.28. The topological polar surface area (TPSA) is 26.0 Å². The van der Waals surface area contributed by atoms with Crippen molar-refractivity contribution in [3.8, 4) is 0 Å². The van der Waals surface area contributed by atoms with Crippen LogP contribution in [0, 0.1) is 5.82 Å². The Kier molecular flexibility index (Phi) is 1.85. The molecule has 0 fully saturated rings. The largest absolute Gasteiger partial charge is 0.398 e. The smallest absolute Gasteiger partial charge is 0.125 e. The summed E-state index contributed by atoms with van der Waals surface area (Å²) in [7, 11) is 0. The van der Waals surface area contributed by atoms with Gasteiger partial charge in [-0.05, 0) is 18.2 Å². The summed E-state index contributed by atoms with van der Waals surface area (Å²) < 4.78 is 12.9. The van der Waals surface area contributed by atoms with Gasteiger partial charge in [0.25, 0.3) is 0 Å². The van der Waals surface area contributed by atoms with Gasteiger partial charge in [-0.25, -0.2) is 4.39 Å². The molecule has 0 heterocycles. The maximum Gasteiger partial charge on any atom is 0.125 e. The van der Waals surface area contributed by atoms with Crippen molar-refractivity contribution in [2.75, 3.05) is 5.73 Å². The quantitative estimate of drug-likeness (QED) is 0.642. The maximum absolute atomic E-state index is 12.9. The molecule has 2 aromatic carbocycles. The molecule has 0 saturated heterocycles. The van der Waals surface area contributed by atoms with E-state index in [0.29, 0.717) is 16.1 Å². The average molecular weight is 196 g/mol. The summed E-state index contributed by atoms with van der Waals surface area (Å²) in [6.45, 7) is 0. The number of nitrogens with two attached hydrogens (primary N) is 1. The third-order valence-corrected chi connectivity index (χ3v) is 2.26. The van der Waals surface area contributed by atoms with E-state index in [-0.39, 0.29) is 5.82 Å². The van der Waals surface area contributed by atoms with E-state index < -0.39 is 0 Å². The molecule has 0 amide bonds. The van der Waals surface area contributed by atoms with Crippen molar-refractivity contribution >= 4 is 28.1 Å². The third-order valence-electron chi connectivity index (χ3n) is 1.94. The molecule has 1 nitrogen and oxygen atoms in total. The Bertz CT molecular complexity index is 468. The Hall–Kier alpha value is -1.28. The van der Waals surface area contributed by atoms with Crippen molar-refractivity contribution < 1.29 is 4.39 Å². The monoisotopic (exact) mass is 195 g/mol. The van der Waals surface area contributed by atoms with E-state index in [0.717, 1.165) is 5.39 Å². The SMILES string of the molecule is Nc1cccc2c(Cl)cc(F)cc12. The second kappa shape index (κ2) is 2.89. The van der Waals surface area contributed by atoms with Gasteiger partial charge in [-0.1, -0.05) is 23.7 Å². The van der Waals surface area contributed by atoms with Crippen LogP contribution in [0.2, 0.25) is 5.02 Å². The Morgan fingerprint density at radius 1 is 1.15 bits per heavy atom. The van der Waals surface area contributed by atoms with Crippen LogP contribution in [0.15, 0.2) is 30.3 Å². The first-order chi connectivity index (χ1) is 6.18. The minimum atomic E-state index is -0.365. The molecule has 2 rings (SSSR count). The summed E-state index contributed by atoms with van der Waals surface area (Å²) in [5.41, 5.74) is 6.21. The van der Waals surface area contributed by atoms with Crippen LogP contribution in [0.1, 0.15) is 0 Å². The van der Waals surface area contributed by atoms with Crippen molar-refractivity contribution in [2.24, 2.45) is 0 Å². The van der Waals surface area contributed by atoms with Crippen LogP contribution >= 0.6 is 11.6 Å². The highest BCUT2D eigenvalue weighted by Gasteiger charge is 2.03. The van der Waals surface area contributed by atoms with E-state index in [9.17, 15) is 4.39 Å². The number of benzene rings is 2. The van der Waals surface area contributed by atoms with Crippen molar-refractivity contribution in [1.82, 2.24) is 0 Å². The highest BCUT2D eigenvalue weighted by molar-refractivity contribution is 6.35. The zero-order valence-corrected chi connectivity index (χ0v) is 7.48. The molecule has 13 heavy (non-hydrogen) atoms. The van der Waals surface area contributed by atoms with Crippen molar-refractivity contribution in [2.45, 2.75) is 0 Å². The number of nitrogen functional groups attached to an aromatic ring is 1. The van der Waals surface area contributed by atoms with Crippen LogP contribution in [-0.2, 0) is 0 Å². The molecule has 2 N–H and O–H groups in total. The molecule has 0 aromatic heterocycles. The zero-order chi connectivity index (χ0) is 9.42. The molecule has 0 atom stereocenters. The second-order valence-corrected chi connectivity index (χ2v) is 3.24. The molecule has 0 bridgehead atoms. The average Bonchev–Trinajstić information content (AvgIpc) is 2.07. The summed E-state index contributed by atoms with van der Waals surface area (Å²) >= 11 is 5.84. The standard InChI is InChI=1S/C10H7ClFN/c11-9-5-6(12)4-8-7(9)2-1-3-10(8)13/h1-5H,13H2. The Balaban J connectivity index is 2.94. The molecule has 3 heteroatoms. The van der Waals surface area contributed by atoms with Crippen LogP contribution in [0.25, 0.3) is 10.8 Å². The number of anilines is 1. The molecule has 0 radical (unpaired) electrons. The van der Waals surface area contributed by atoms with Gasteiger partial charge in [-0.3, -0.25) is 0 Å². The number of hydrogen-bond acceptors (Lipinski definition) is 1.